The van der Waals surface area contributed by atoms with Crippen molar-refractivity contribution < 1.29 is 8.42 Å². The van der Waals surface area contributed by atoms with E-state index in [1.54, 1.807) is 12.1 Å². The van der Waals surface area contributed by atoms with Crippen LogP contribution in [0.15, 0.2) is 23.1 Å². The number of imidazole rings is 1. The van der Waals surface area contributed by atoms with Crippen LogP contribution < -0.4 is 0 Å². The number of fused-ring (bicyclic) bond motifs is 1. The minimum absolute atomic E-state index is 0.109. The molecule has 6 heteroatoms. The maximum atomic E-state index is 11.4. The van der Waals surface area contributed by atoms with Gasteiger partial charge in [0.1, 0.15) is 5.82 Å². The summed E-state index contributed by atoms with van der Waals surface area (Å²) in [6.45, 7) is 0. The van der Waals surface area contributed by atoms with Crippen molar-refractivity contribution in [3.8, 4) is 0 Å². The van der Waals surface area contributed by atoms with Crippen molar-refractivity contribution in [3.05, 3.63) is 24.0 Å². The van der Waals surface area contributed by atoms with Gasteiger partial charge in [0.05, 0.1) is 15.9 Å². The highest BCUT2D eigenvalue weighted by Gasteiger charge is 2.23. The summed E-state index contributed by atoms with van der Waals surface area (Å²) in [5.74, 6) is 1.55. The van der Waals surface area contributed by atoms with Crippen LogP contribution in [0.3, 0.4) is 0 Å². The number of benzene rings is 1. The first-order chi connectivity index (χ1) is 8.97. The molecule has 1 aromatic carbocycles. The van der Waals surface area contributed by atoms with E-state index in [4.69, 9.17) is 10.7 Å². The summed E-state index contributed by atoms with van der Waals surface area (Å²) in [6.07, 6.45) is 4.82. The van der Waals surface area contributed by atoms with E-state index >= 15 is 0 Å². The van der Waals surface area contributed by atoms with Gasteiger partial charge in [-0.2, -0.15) is 0 Å². The van der Waals surface area contributed by atoms with Gasteiger partial charge >= 0.3 is 0 Å². The molecule has 3 rings (SSSR count). The fraction of sp³-hybridized carbons (Fsp3) is 0.462. The molecule has 1 aromatic heterocycles. The highest BCUT2D eigenvalue weighted by molar-refractivity contribution is 8.13. The maximum Gasteiger partial charge on any atom is 0.261 e. The Morgan fingerprint density at radius 2 is 2.00 bits per heavy atom. The van der Waals surface area contributed by atoms with Crippen LogP contribution in [0, 0.1) is 0 Å². The van der Waals surface area contributed by atoms with Gasteiger partial charge in [-0.05, 0) is 31.0 Å². The minimum Gasteiger partial charge on any atom is -0.331 e. The molecular weight excluding hydrogens is 284 g/mol. The van der Waals surface area contributed by atoms with Crippen LogP contribution in [0.2, 0.25) is 0 Å². The second-order valence-corrected chi connectivity index (χ2v) is 7.66. The fourth-order valence-electron chi connectivity index (χ4n) is 2.90. The van der Waals surface area contributed by atoms with Gasteiger partial charge in [-0.15, -0.1) is 0 Å². The third-order valence-corrected chi connectivity index (χ3v) is 5.24. The molecule has 1 aliphatic rings. The molecule has 0 atom stereocenters. The molecule has 0 radical (unpaired) electrons. The fourth-order valence-corrected chi connectivity index (χ4v) is 3.67. The average molecular weight is 299 g/mol. The average Bonchev–Trinajstić information content (AvgIpc) is 2.96. The lowest BCUT2D eigenvalue weighted by molar-refractivity contribution is 0.609. The van der Waals surface area contributed by atoms with Crippen molar-refractivity contribution in [1.82, 2.24) is 9.55 Å². The predicted molar refractivity (Wildman–Crippen MR) is 75.0 cm³/mol. The first kappa shape index (κ1) is 12.9. The standard InChI is InChI=1S/C13H15ClN2O2S/c1-16-12-7-6-10(19(14,17)18)8-11(12)15-13(16)9-4-2-3-5-9/h6-9H,2-5H2,1H3. The van der Waals surface area contributed by atoms with Gasteiger partial charge < -0.3 is 4.57 Å². The second-order valence-electron chi connectivity index (χ2n) is 5.10. The van der Waals surface area contributed by atoms with E-state index in [0.29, 0.717) is 11.4 Å². The molecular formula is C13H15ClN2O2S. The molecule has 1 fully saturated rings. The zero-order chi connectivity index (χ0) is 13.6. The Kier molecular flexibility index (Phi) is 3.06. The summed E-state index contributed by atoms with van der Waals surface area (Å²) in [5.41, 5.74) is 1.65. The summed E-state index contributed by atoms with van der Waals surface area (Å²) in [5, 5.41) is 0. The van der Waals surface area contributed by atoms with E-state index < -0.39 is 9.05 Å². The molecule has 1 aliphatic carbocycles. The topological polar surface area (TPSA) is 52.0 Å². The van der Waals surface area contributed by atoms with Gasteiger partial charge in [-0.25, -0.2) is 13.4 Å². The van der Waals surface area contributed by atoms with Crippen LogP contribution in [-0.2, 0) is 16.1 Å². The van der Waals surface area contributed by atoms with Crippen LogP contribution >= 0.6 is 10.7 Å². The van der Waals surface area contributed by atoms with E-state index in [-0.39, 0.29) is 4.90 Å². The summed E-state index contributed by atoms with van der Waals surface area (Å²) in [4.78, 5) is 4.72. The molecule has 4 nitrogen and oxygen atoms in total. The number of aryl methyl sites for hydroxylation is 1. The molecule has 1 saturated carbocycles. The number of hydrogen-bond acceptors (Lipinski definition) is 3. The first-order valence-corrected chi connectivity index (χ1v) is 8.69. The molecule has 19 heavy (non-hydrogen) atoms. The Labute approximate surface area is 116 Å². The minimum atomic E-state index is -3.69. The molecule has 2 aromatic rings. The number of hydrogen-bond donors (Lipinski definition) is 0. The molecule has 0 spiro atoms. The summed E-state index contributed by atoms with van der Waals surface area (Å²) >= 11 is 0. The molecule has 0 aliphatic heterocycles. The highest BCUT2D eigenvalue weighted by Crippen LogP contribution is 2.35. The lowest BCUT2D eigenvalue weighted by Gasteiger charge is -2.08. The van der Waals surface area contributed by atoms with Crippen LogP contribution in [0.5, 0.6) is 0 Å². The number of halogens is 1. The molecule has 0 amide bonds. The van der Waals surface area contributed by atoms with Gasteiger partial charge in [-0.1, -0.05) is 12.8 Å². The van der Waals surface area contributed by atoms with Gasteiger partial charge in [-0.3, -0.25) is 0 Å². The van der Waals surface area contributed by atoms with Gasteiger partial charge in [0.15, 0.2) is 0 Å². The zero-order valence-corrected chi connectivity index (χ0v) is 12.2. The monoisotopic (exact) mass is 298 g/mol. The van der Waals surface area contributed by atoms with Gasteiger partial charge in [0, 0.05) is 23.6 Å². The summed E-state index contributed by atoms with van der Waals surface area (Å²) in [7, 11) is 3.66. The number of nitrogens with zero attached hydrogens (tertiary/aromatic N) is 2. The van der Waals surface area contributed by atoms with Gasteiger partial charge in [0.25, 0.3) is 9.05 Å². The molecule has 0 N–H and O–H groups in total. The first-order valence-electron chi connectivity index (χ1n) is 6.38. The maximum absolute atomic E-state index is 11.4. The third kappa shape index (κ3) is 2.25. The summed E-state index contributed by atoms with van der Waals surface area (Å²) in [6, 6.07) is 4.86. The number of aromatic nitrogens is 2. The quantitative estimate of drug-likeness (QED) is 0.800. The Morgan fingerprint density at radius 1 is 1.32 bits per heavy atom. The van der Waals surface area contributed by atoms with Crippen molar-refractivity contribution in [2.75, 3.05) is 0 Å². The molecule has 0 saturated heterocycles. The van der Waals surface area contributed by atoms with E-state index in [1.165, 1.54) is 18.9 Å². The van der Waals surface area contributed by atoms with E-state index in [2.05, 4.69) is 9.55 Å². The third-order valence-electron chi connectivity index (χ3n) is 3.89. The zero-order valence-electron chi connectivity index (χ0n) is 10.6. The normalized spacial score (nSPS) is 17.4. The smallest absolute Gasteiger partial charge is 0.261 e. The molecule has 1 heterocycles. The van der Waals surface area contributed by atoms with Crippen LogP contribution in [0.1, 0.15) is 37.4 Å². The Morgan fingerprint density at radius 3 is 2.63 bits per heavy atom. The van der Waals surface area contributed by atoms with Crippen molar-refractivity contribution >= 4 is 30.8 Å². The van der Waals surface area contributed by atoms with Crippen molar-refractivity contribution in [1.29, 1.82) is 0 Å². The SMILES string of the molecule is Cn1c(C2CCCC2)nc2cc(S(=O)(=O)Cl)ccc21. The Hall–Kier alpha value is -1.07. The van der Waals surface area contributed by atoms with Gasteiger partial charge in [0.2, 0.25) is 0 Å². The molecule has 0 unspecified atom stereocenters. The van der Waals surface area contributed by atoms with E-state index in [9.17, 15) is 8.42 Å². The van der Waals surface area contributed by atoms with Crippen molar-refractivity contribution in [2.45, 2.75) is 36.5 Å². The lowest BCUT2D eigenvalue weighted by Crippen LogP contribution is -2.02. The van der Waals surface area contributed by atoms with Crippen LogP contribution in [-0.4, -0.2) is 18.0 Å². The number of rotatable bonds is 2. The van der Waals surface area contributed by atoms with E-state index in [0.717, 1.165) is 24.2 Å². The van der Waals surface area contributed by atoms with Crippen LogP contribution in [0.25, 0.3) is 11.0 Å². The predicted octanol–water partition coefficient (Wildman–Crippen LogP) is 3.16. The van der Waals surface area contributed by atoms with E-state index in [1.807, 2.05) is 7.05 Å². The second kappa shape index (κ2) is 4.49. The largest absolute Gasteiger partial charge is 0.331 e. The molecule has 102 valence electrons. The Balaban J connectivity index is 2.15. The highest BCUT2D eigenvalue weighted by atomic mass is 35.7. The Bertz CT molecular complexity index is 730. The molecule has 0 bridgehead atoms. The van der Waals surface area contributed by atoms with Crippen molar-refractivity contribution in [3.63, 3.8) is 0 Å². The van der Waals surface area contributed by atoms with Crippen LogP contribution in [0.4, 0.5) is 0 Å². The summed E-state index contributed by atoms with van der Waals surface area (Å²) < 4.78 is 24.8. The lowest BCUT2D eigenvalue weighted by atomic mass is 10.1. The van der Waals surface area contributed by atoms with Crippen molar-refractivity contribution in [2.24, 2.45) is 7.05 Å².